The van der Waals surface area contributed by atoms with Crippen LogP contribution >= 0.6 is 0 Å². The lowest BCUT2D eigenvalue weighted by atomic mass is 10.1. The summed E-state index contributed by atoms with van der Waals surface area (Å²) in [5, 5.41) is 15.8. The van der Waals surface area contributed by atoms with Gasteiger partial charge in [-0.3, -0.25) is 4.68 Å². The van der Waals surface area contributed by atoms with Crippen LogP contribution in [0.15, 0.2) is 18.2 Å². The van der Waals surface area contributed by atoms with Gasteiger partial charge in [0.25, 0.3) is 0 Å². The fraction of sp³-hybridized carbons (Fsp3) is 0.562. The number of benzene rings is 1. The molecule has 1 aromatic heterocycles. The molecular weight excluding hydrogens is 236 g/mol. The van der Waals surface area contributed by atoms with Crippen molar-refractivity contribution in [3.05, 3.63) is 29.5 Å². The van der Waals surface area contributed by atoms with E-state index >= 15 is 0 Å². The van der Waals surface area contributed by atoms with Gasteiger partial charge < -0.3 is 5.11 Å². The van der Waals surface area contributed by atoms with Crippen LogP contribution in [0.5, 0.6) is 0 Å². The average Bonchev–Trinajstić information content (AvgIpc) is 3.04. The molecule has 1 aliphatic rings. The van der Waals surface area contributed by atoms with Crippen molar-refractivity contribution in [2.75, 3.05) is 0 Å². The quantitative estimate of drug-likeness (QED) is 0.910. The summed E-state index contributed by atoms with van der Waals surface area (Å²) in [6, 6.07) is 6.80. The molecule has 0 radical (unpaired) electrons. The Morgan fingerprint density at radius 3 is 2.74 bits per heavy atom. The van der Waals surface area contributed by atoms with E-state index in [1.54, 1.807) is 0 Å². The van der Waals surface area contributed by atoms with Crippen LogP contribution in [0, 0.1) is 0 Å². The lowest BCUT2D eigenvalue weighted by molar-refractivity contribution is 0.199. The highest BCUT2D eigenvalue weighted by molar-refractivity contribution is 5.83. The SMILES string of the molecule is CCc1nn(C2CCCC2)c2cc(C(C)O)ccc12. The lowest BCUT2D eigenvalue weighted by Crippen LogP contribution is -2.07. The molecule has 0 saturated heterocycles. The van der Waals surface area contributed by atoms with Gasteiger partial charge in [-0.1, -0.05) is 31.9 Å². The van der Waals surface area contributed by atoms with Gasteiger partial charge in [0.05, 0.1) is 23.4 Å². The minimum absolute atomic E-state index is 0.415. The molecule has 0 spiro atoms. The Kier molecular flexibility index (Phi) is 3.31. The molecule has 0 bridgehead atoms. The normalized spacial score (nSPS) is 18.3. The lowest BCUT2D eigenvalue weighted by Gasteiger charge is -2.12. The van der Waals surface area contributed by atoms with Crippen molar-refractivity contribution in [2.24, 2.45) is 0 Å². The van der Waals surface area contributed by atoms with Gasteiger partial charge >= 0.3 is 0 Å². The van der Waals surface area contributed by atoms with Gasteiger partial charge in [0.2, 0.25) is 0 Å². The first-order valence-electron chi connectivity index (χ1n) is 7.39. The second-order valence-electron chi connectivity index (χ2n) is 5.64. The van der Waals surface area contributed by atoms with Crippen LogP contribution in [0.2, 0.25) is 0 Å². The van der Waals surface area contributed by atoms with E-state index < -0.39 is 6.10 Å². The number of aliphatic hydroxyl groups excluding tert-OH is 1. The summed E-state index contributed by atoms with van der Waals surface area (Å²) >= 11 is 0. The monoisotopic (exact) mass is 258 g/mol. The Bertz CT molecular complexity index is 580. The van der Waals surface area contributed by atoms with Crippen LogP contribution in [0.4, 0.5) is 0 Å². The number of aromatic nitrogens is 2. The van der Waals surface area contributed by atoms with Gasteiger partial charge in [-0.15, -0.1) is 0 Å². The minimum atomic E-state index is -0.415. The van der Waals surface area contributed by atoms with Crippen molar-refractivity contribution in [3.63, 3.8) is 0 Å². The van der Waals surface area contributed by atoms with Crippen LogP contribution in [-0.4, -0.2) is 14.9 Å². The largest absolute Gasteiger partial charge is 0.389 e. The number of aliphatic hydroxyl groups is 1. The number of rotatable bonds is 3. The third-order valence-electron chi connectivity index (χ3n) is 4.30. The van der Waals surface area contributed by atoms with Crippen molar-refractivity contribution in [1.29, 1.82) is 0 Å². The predicted octanol–water partition coefficient (Wildman–Crippen LogP) is 3.77. The zero-order valence-corrected chi connectivity index (χ0v) is 11.8. The van der Waals surface area contributed by atoms with Crippen molar-refractivity contribution in [3.8, 4) is 0 Å². The van der Waals surface area contributed by atoms with Crippen molar-refractivity contribution >= 4 is 10.9 Å². The maximum Gasteiger partial charge on any atom is 0.0762 e. The first-order chi connectivity index (χ1) is 9.20. The molecule has 1 N–H and O–H groups in total. The smallest absolute Gasteiger partial charge is 0.0762 e. The summed E-state index contributed by atoms with van der Waals surface area (Å²) in [6.07, 6.45) is 5.64. The Morgan fingerprint density at radius 1 is 1.37 bits per heavy atom. The van der Waals surface area contributed by atoms with Crippen LogP contribution < -0.4 is 0 Å². The van der Waals surface area contributed by atoms with Crippen molar-refractivity contribution < 1.29 is 5.11 Å². The predicted molar refractivity (Wildman–Crippen MR) is 77.2 cm³/mol. The summed E-state index contributed by atoms with van der Waals surface area (Å²) in [5.41, 5.74) is 3.36. The van der Waals surface area contributed by atoms with E-state index in [-0.39, 0.29) is 0 Å². The molecule has 1 unspecified atom stereocenters. The molecule has 1 aliphatic carbocycles. The highest BCUT2D eigenvalue weighted by Gasteiger charge is 2.21. The molecule has 1 fully saturated rings. The Labute approximate surface area is 114 Å². The zero-order valence-electron chi connectivity index (χ0n) is 11.8. The first-order valence-corrected chi connectivity index (χ1v) is 7.39. The molecule has 102 valence electrons. The van der Waals surface area contributed by atoms with Gasteiger partial charge in [-0.05, 0) is 37.8 Å². The Morgan fingerprint density at radius 2 is 2.11 bits per heavy atom. The molecule has 0 aliphatic heterocycles. The molecule has 1 aromatic carbocycles. The van der Waals surface area contributed by atoms with E-state index in [1.807, 2.05) is 13.0 Å². The maximum absolute atomic E-state index is 9.77. The molecule has 1 heterocycles. The fourth-order valence-corrected chi connectivity index (χ4v) is 3.17. The third-order valence-corrected chi connectivity index (χ3v) is 4.30. The molecule has 3 rings (SSSR count). The van der Waals surface area contributed by atoms with E-state index in [4.69, 9.17) is 5.10 Å². The summed E-state index contributed by atoms with van der Waals surface area (Å²) < 4.78 is 2.22. The molecular formula is C16H22N2O. The number of nitrogens with zero attached hydrogens (tertiary/aromatic N) is 2. The Balaban J connectivity index is 2.16. The van der Waals surface area contributed by atoms with Crippen LogP contribution in [0.1, 0.15) is 62.9 Å². The van der Waals surface area contributed by atoms with Crippen molar-refractivity contribution in [1.82, 2.24) is 9.78 Å². The van der Waals surface area contributed by atoms with E-state index in [9.17, 15) is 5.11 Å². The number of aryl methyl sites for hydroxylation is 1. The Hall–Kier alpha value is -1.35. The highest BCUT2D eigenvalue weighted by Crippen LogP contribution is 2.33. The number of fused-ring (bicyclic) bond motifs is 1. The highest BCUT2D eigenvalue weighted by atomic mass is 16.3. The summed E-state index contributed by atoms with van der Waals surface area (Å²) in [7, 11) is 0. The fourth-order valence-electron chi connectivity index (χ4n) is 3.17. The molecule has 3 nitrogen and oxygen atoms in total. The second-order valence-corrected chi connectivity index (χ2v) is 5.64. The summed E-state index contributed by atoms with van der Waals surface area (Å²) in [4.78, 5) is 0. The summed E-state index contributed by atoms with van der Waals surface area (Å²) in [5.74, 6) is 0. The molecule has 2 aromatic rings. The first kappa shape index (κ1) is 12.7. The molecule has 1 atom stereocenters. The maximum atomic E-state index is 9.77. The van der Waals surface area contributed by atoms with E-state index in [2.05, 4.69) is 23.7 Å². The molecule has 3 heteroatoms. The van der Waals surface area contributed by atoms with E-state index in [0.717, 1.165) is 12.0 Å². The third kappa shape index (κ3) is 2.16. The van der Waals surface area contributed by atoms with Gasteiger partial charge in [-0.2, -0.15) is 5.10 Å². The van der Waals surface area contributed by atoms with Crippen LogP contribution in [0.25, 0.3) is 10.9 Å². The number of hydrogen-bond acceptors (Lipinski definition) is 2. The van der Waals surface area contributed by atoms with Gasteiger partial charge in [0.1, 0.15) is 0 Å². The standard InChI is InChI=1S/C16H22N2O/c1-3-15-14-9-8-12(11(2)19)10-16(14)18(17-15)13-6-4-5-7-13/h8-11,13,19H,3-7H2,1-2H3. The zero-order chi connectivity index (χ0) is 13.4. The van der Waals surface area contributed by atoms with Gasteiger partial charge in [-0.25, -0.2) is 0 Å². The van der Waals surface area contributed by atoms with E-state index in [1.165, 1.54) is 42.3 Å². The van der Waals surface area contributed by atoms with Crippen LogP contribution in [-0.2, 0) is 6.42 Å². The summed E-state index contributed by atoms with van der Waals surface area (Å²) in [6.45, 7) is 3.97. The topological polar surface area (TPSA) is 38.0 Å². The van der Waals surface area contributed by atoms with E-state index in [0.29, 0.717) is 6.04 Å². The second kappa shape index (κ2) is 4.97. The number of hydrogen-bond donors (Lipinski definition) is 1. The molecule has 19 heavy (non-hydrogen) atoms. The van der Waals surface area contributed by atoms with Gasteiger partial charge in [0, 0.05) is 5.39 Å². The minimum Gasteiger partial charge on any atom is -0.389 e. The molecule has 1 saturated carbocycles. The van der Waals surface area contributed by atoms with Gasteiger partial charge in [0.15, 0.2) is 0 Å². The van der Waals surface area contributed by atoms with Crippen LogP contribution in [0.3, 0.4) is 0 Å². The molecule has 0 amide bonds. The average molecular weight is 258 g/mol. The van der Waals surface area contributed by atoms with Crippen molar-refractivity contribution in [2.45, 2.75) is 58.1 Å².